The van der Waals surface area contributed by atoms with Crippen molar-refractivity contribution < 1.29 is 9.32 Å². The number of amides is 1. The molecule has 9 heteroatoms. The molecule has 0 saturated carbocycles. The predicted molar refractivity (Wildman–Crippen MR) is 93.1 cm³/mol. The molecule has 1 unspecified atom stereocenters. The number of carbonyl (C=O) groups is 1. The summed E-state index contributed by atoms with van der Waals surface area (Å²) in [6, 6.07) is 1.70. The van der Waals surface area contributed by atoms with Gasteiger partial charge in [0.05, 0.1) is 5.25 Å². The smallest absolute Gasteiger partial charge is 0.239 e. The van der Waals surface area contributed by atoms with Crippen molar-refractivity contribution in [2.75, 3.05) is 17.2 Å². The molecule has 2 aromatic heterocycles. The lowest BCUT2D eigenvalue weighted by Gasteiger charge is -2.13. The molecule has 0 spiro atoms. The zero-order valence-electron chi connectivity index (χ0n) is 13.5. The Morgan fingerprint density at radius 1 is 1.43 bits per heavy atom. The summed E-state index contributed by atoms with van der Waals surface area (Å²) in [6.07, 6.45) is 2.79. The molecule has 2 N–H and O–H groups in total. The Morgan fingerprint density at radius 2 is 2.26 bits per heavy atom. The number of nitrogens with zero attached hydrogens (tertiary/aromatic N) is 3. The van der Waals surface area contributed by atoms with Gasteiger partial charge in [0.1, 0.15) is 5.76 Å². The van der Waals surface area contributed by atoms with Gasteiger partial charge in [-0.3, -0.25) is 4.79 Å². The van der Waals surface area contributed by atoms with Gasteiger partial charge in [0.25, 0.3) is 0 Å². The standard InChI is InChI=1S/C14H21N5O2S2/c1-4-6-7-10(12(20)16-11-8-9(3)21-19-11)22-14-18-17-13(23-14)15-5-2/h8,10H,4-7H2,1-3H3,(H,15,17)(H,16,19,20). The van der Waals surface area contributed by atoms with Crippen LogP contribution in [-0.2, 0) is 4.79 Å². The summed E-state index contributed by atoms with van der Waals surface area (Å²) in [5.41, 5.74) is 0. The van der Waals surface area contributed by atoms with E-state index in [0.29, 0.717) is 11.6 Å². The van der Waals surface area contributed by atoms with Crippen LogP contribution >= 0.6 is 23.1 Å². The first kappa shape index (κ1) is 17.7. The lowest BCUT2D eigenvalue weighted by Crippen LogP contribution is -2.25. The average molecular weight is 355 g/mol. The van der Waals surface area contributed by atoms with Crippen LogP contribution < -0.4 is 10.6 Å². The minimum atomic E-state index is -0.227. The molecule has 0 radical (unpaired) electrons. The van der Waals surface area contributed by atoms with Crippen molar-refractivity contribution in [3.63, 3.8) is 0 Å². The summed E-state index contributed by atoms with van der Waals surface area (Å²) in [4.78, 5) is 12.5. The highest BCUT2D eigenvalue weighted by Crippen LogP contribution is 2.31. The number of aryl methyl sites for hydroxylation is 1. The van der Waals surface area contributed by atoms with Gasteiger partial charge in [-0.2, -0.15) is 0 Å². The summed E-state index contributed by atoms with van der Waals surface area (Å²) in [5, 5.41) is 18.5. The van der Waals surface area contributed by atoms with Crippen LogP contribution in [0.2, 0.25) is 0 Å². The van der Waals surface area contributed by atoms with Gasteiger partial charge in [-0.1, -0.05) is 48.0 Å². The van der Waals surface area contributed by atoms with E-state index in [1.807, 2.05) is 6.92 Å². The lowest BCUT2D eigenvalue weighted by molar-refractivity contribution is -0.115. The summed E-state index contributed by atoms with van der Waals surface area (Å²) < 4.78 is 5.76. The molecular formula is C14H21N5O2S2. The maximum atomic E-state index is 12.5. The van der Waals surface area contributed by atoms with Crippen LogP contribution in [0.1, 0.15) is 38.9 Å². The van der Waals surface area contributed by atoms with E-state index >= 15 is 0 Å². The Balaban J connectivity index is 2.00. The first-order chi connectivity index (χ1) is 11.1. The van der Waals surface area contributed by atoms with Crippen LogP contribution in [0.3, 0.4) is 0 Å². The van der Waals surface area contributed by atoms with E-state index in [-0.39, 0.29) is 11.2 Å². The van der Waals surface area contributed by atoms with Gasteiger partial charge >= 0.3 is 0 Å². The van der Waals surface area contributed by atoms with E-state index in [1.54, 1.807) is 13.0 Å². The summed E-state index contributed by atoms with van der Waals surface area (Å²) in [7, 11) is 0. The topological polar surface area (TPSA) is 92.9 Å². The van der Waals surface area contributed by atoms with Crippen molar-refractivity contribution in [2.24, 2.45) is 0 Å². The van der Waals surface area contributed by atoms with E-state index in [2.05, 4.69) is 32.9 Å². The van der Waals surface area contributed by atoms with Crippen molar-refractivity contribution >= 4 is 40.0 Å². The molecule has 23 heavy (non-hydrogen) atoms. The van der Waals surface area contributed by atoms with Crippen molar-refractivity contribution in [1.82, 2.24) is 15.4 Å². The fourth-order valence-electron chi connectivity index (χ4n) is 1.87. The van der Waals surface area contributed by atoms with E-state index in [4.69, 9.17) is 4.52 Å². The second-order valence-corrected chi connectivity index (χ2v) is 7.39. The number of thioether (sulfide) groups is 1. The van der Waals surface area contributed by atoms with Crippen LogP contribution in [0.4, 0.5) is 10.9 Å². The van der Waals surface area contributed by atoms with Gasteiger partial charge in [0.15, 0.2) is 10.2 Å². The van der Waals surface area contributed by atoms with Crippen LogP contribution in [0.25, 0.3) is 0 Å². The fourth-order valence-corrected chi connectivity index (χ4v) is 3.97. The number of hydrogen-bond donors (Lipinski definition) is 2. The van der Waals surface area contributed by atoms with E-state index in [0.717, 1.165) is 35.3 Å². The van der Waals surface area contributed by atoms with Gasteiger partial charge in [-0.05, 0) is 20.3 Å². The molecule has 0 bridgehead atoms. The second-order valence-electron chi connectivity index (χ2n) is 4.96. The number of anilines is 2. The van der Waals surface area contributed by atoms with Gasteiger partial charge < -0.3 is 15.2 Å². The molecule has 1 atom stereocenters. The Morgan fingerprint density at radius 3 is 2.91 bits per heavy atom. The highest BCUT2D eigenvalue weighted by Gasteiger charge is 2.22. The Hall–Kier alpha value is -1.61. The Bertz CT molecular complexity index is 628. The molecule has 2 aromatic rings. The molecule has 0 aromatic carbocycles. The third kappa shape index (κ3) is 5.51. The van der Waals surface area contributed by atoms with Gasteiger partial charge in [-0.25, -0.2) is 0 Å². The minimum Gasteiger partial charge on any atom is -0.360 e. The number of nitrogens with one attached hydrogen (secondary N) is 2. The number of aromatic nitrogens is 3. The van der Waals surface area contributed by atoms with Crippen molar-refractivity contribution in [3.8, 4) is 0 Å². The minimum absolute atomic E-state index is 0.0862. The van der Waals surface area contributed by atoms with Crippen LogP contribution in [0, 0.1) is 6.92 Å². The summed E-state index contributed by atoms with van der Waals surface area (Å²) >= 11 is 2.91. The SMILES string of the molecule is CCCCC(Sc1nnc(NCC)s1)C(=O)Nc1cc(C)on1. The summed E-state index contributed by atoms with van der Waals surface area (Å²) in [5.74, 6) is 1.02. The first-order valence-corrected chi connectivity index (χ1v) is 9.30. The normalized spacial score (nSPS) is 12.1. The van der Waals surface area contributed by atoms with Crippen LogP contribution in [0.5, 0.6) is 0 Å². The highest BCUT2D eigenvalue weighted by molar-refractivity contribution is 8.02. The molecule has 2 heterocycles. The van der Waals surface area contributed by atoms with Crippen molar-refractivity contribution in [2.45, 2.75) is 49.6 Å². The van der Waals surface area contributed by atoms with E-state index in [9.17, 15) is 4.79 Å². The van der Waals surface area contributed by atoms with Crippen molar-refractivity contribution in [3.05, 3.63) is 11.8 Å². The highest BCUT2D eigenvalue weighted by atomic mass is 32.2. The maximum absolute atomic E-state index is 12.5. The number of rotatable bonds is 9. The lowest BCUT2D eigenvalue weighted by atomic mass is 10.2. The molecule has 0 aliphatic carbocycles. The summed E-state index contributed by atoms with van der Waals surface area (Å²) in [6.45, 7) is 6.69. The number of carbonyl (C=O) groups excluding carboxylic acids is 1. The second kappa shape index (κ2) is 8.88. The van der Waals surface area contributed by atoms with Gasteiger partial charge in [0, 0.05) is 12.6 Å². The third-order valence-corrected chi connectivity index (χ3v) is 5.20. The fraction of sp³-hybridized carbons (Fsp3) is 0.571. The molecule has 0 aliphatic heterocycles. The number of unbranched alkanes of at least 4 members (excludes halogenated alkanes) is 1. The Kier molecular flexibility index (Phi) is 6.85. The van der Waals surface area contributed by atoms with Crippen molar-refractivity contribution in [1.29, 1.82) is 0 Å². The Labute approximate surface area is 143 Å². The van der Waals surface area contributed by atoms with Crippen LogP contribution in [0.15, 0.2) is 14.9 Å². The quantitative estimate of drug-likeness (QED) is 0.664. The zero-order chi connectivity index (χ0) is 16.7. The molecule has 2 rings (SSSR count). The molecule has 1 amide bonds. The van der Waals surface area contributed by atoms with Crippen LogP contribution in [-0.4, -0.2) is 33.1 Å². The van der Waals surface area contributed by atoms with Gasteiger partial charge in [-0.15, -0.1) is 10.2 Å². The largest absolute Gasteiger partial charge is 0.360 e. The molecule has 7 nitrogen and oxygen atoms in total. The first-order valence-electron chi connectivity index (χ1n) is 7.60. The van der Waals surface area contributed by atoms with E-state index in [1.165, 1.54) is 23.1 Å². The van der Waals surface area contributed by atoms with E-state index < -0.39 is 0 Å². The zero-order valence-corrected chi connectivity index (χ0v) is 15.1. The predicted octanol–water partition coefficient (Wildman–Crippen LogP) is 3.56. The molecule has 0 aliphatic rings. The molecule has 0 fully saturated rings. The maximum Gasteiger partial charge on any atom is 0.239 e. The monoisotopic (exact) mass is 355 g/mol. The molecule has 126 valence electrons. The number of hydrogen-bond acceptors (Lipinski definition) is 8. The third-order valence-electron chi connectivity index (χ3n) is 2.97. The molecular weight excluding hydrogens is 334 g/mol. The molecule has 0 saturated heterocycles. The average Bonchev–Trinajstić information content (AvgIpc) is 3.13. The van der Waals surface area contributed by atoms with Gasteiger partial charge in [0.2, 0.25) is 11.0 Å².